The molecule has 2 heterocycles. The van der Waals surface area contributed by atoms with Crippen LogP contribution in [0, 0.1) is 0 Å². The molecule has 0 saturated carbocycles. The highest BCUT2D eigenvalue weighted by Crippen LogP contribution is 2.45. The Morgan fingerprint density at radius 3 is 2.36 bits per heavy atom. The average Bonchev–Trinajstić information content (AvgIpc) is 3.05. The fourth-order valence-electron chi connectivity index (χ4n) is 3.00. The zero-order valence-corrected chi connectivity index (χ0v) is 15.9. The molecule has 3 rings (SSSR count). The molecule has 0 aromatic heterocycles. The van der Waals surface area contributed by atoms with Gasteiger partial charge < -0.3 is 10.2 Å². The van der Waals surface area contributed by atoms with Crippen molar-refractivity contribution in [3.05, 3.63) is 34.7 Å². The zero-order chi connectivity index (χ0) is 20.7. The van der Waals surface area contributed by atoms with Crippen LogP contribution >= 0.6 is 24.0 Å². The number of thiocarbonyl (C=S) groups is 1. The molecule has 0 bridgehead atoms. The molecule has 1 aromatic carbocycles. The molecule has 1 unspecified atom stereocenters. The second kappa shape index (κ2) is 7.17. The first-order valence-corrected chi connectivity index (χ1v) is 9.06. The lowest BCUT2D eigenvalue weighted by Crippen LogP contribution is -2.45. The van der Waals surface area contributed by atoms with Gasteiger partial charge in [-0.2, -0.15) is 0 Å². The Morgan fingerprint density at radius 1 is 1.14 bits per heavy atom. The maximum Gasteiger partial charge on any atom is 0.327 e. The second-order valence-electron chi connectivity index (χ2n) is 5.88. The van der Waals surface area contributed by atoms with Crippen LogP contribution in [0.25, 0.3) is 5.57 Å². The standard InChI is InChI=1S/C17H12N2O7S2/c1-7(20)18-9-5-3-2-4-8(9)12(14(18)23)13-15(24)19(17(27)28-13)10(16(25)26)6-11(21)22/h2-5,10H,6H2,1H3,(H,21,22)(H,25,26)/b13-12+. The number of aliphatic carboxylic acids is 2. The highest BCUT2D eigenvalue weighted by Gasteiger charge is 2.46. The number of anilines is 1. The van der Waals surface area contributed by atoms with Crippen molar-refractivity contribution in [2.45, 2.75) is 19.4 Å². The van der Waals surface area contributed by atoms with Crippen molar-refractivity contribution in [3.63, 3.8) is 0 Å². The third-order valence-electron chi connectivity index (χ3n) is 4.14. The number of carboxylic acid groups (broad SMARTS) is 2. The minimum atomic E-state index is -1.71. The number of carboxylic acids is 2. The summed E-state index contributed by atoms with van der Waals surface area (Å²) in [5.41, 5.74) is 0.582. The normalized spacial score (nSPS) is 19.8. The molecule has 3 amide bonds. The number of carbonyl (C=O) groups excluding carboxylic acids is 3. The smallest absolute Gasteiger partial charge is 0.327 e. The number of thioether (sulfide) groups is 1. The average molecular weight is 420 g/mol. The van der Waals surface area contributed by atoms with Gasteiger partial charge in [0, 0.05) is 12.5 Å². The van der Waals surface area contributed by atoms with Gasteiger partial charge in [0.05, 0.1) is 22.6 Å². The summed E-state index contributed by atoms with van der Waals surface area (Å²) in [6.07, 6.45) is -0.853. The van der Waals surface area contributed by atoms with Gasteiger partial charge >= 0.3 is 11.9 Å². The summed E-state index contributed by atoms with van der Waals surface area (Å²) in [4.78, 5) is 61.6. The van der Waals surface area contributed by atoms with Gasteiger partial charge in [0.25, 0.3) is 11.8 Å². The van der Waals surface area contributed by atoms with E-state index in [1.54, 1.807) is 24.3 Å². The Bertz CT molecular complexity index is 1000. The highest BCUT2D eigenvalue weighted by molar-refractivity contribution is 8.26. The van der Waals surface area contributed by atoms with Crippen molar-refractivity contribution < 1.29 is 34.2 Å². The lowest BCUT2D eigenvalue weighted by Gasteiger charge is -2.21. The first-order valence-electron chi connectivity index (χ1n) is 7.83. The molecule has 9 nitrogen and oxygen atoms in total. The van der Waals surface area contributed by atoms with E-state index < -0.39 is 42.1 Å². The number of amides is 3. The van der Waals surface area contributed by atoms with Crippen LogP contribution < -0.4 is 4.90 Å². The maximum absolute atomic E-state index is 12.9. The molecule has 1 atom stereocenters. The predicted molar refractivity (Wildman–Crippen MR) is 102 cm³/mol. The summed E-state index contributed by atoms with van der Waals surface area (Å²) < 4.78 is -0.173. The number of hydrogen-bond donors (Lipinski definition) is 2. The molecular weight excluding hydrogens is 408 g/mol. The number of benzene rings is 1. The largest absolute Gasteiger partial charge is 0.481 e. The lowest BCUT2D eigenvalue weighted by molar-refractivity contribution is -0.150. The number of fused-ring (bicyclic) bond motifs is 1. The SMILES string of the molecule is CC(=O)N1C(=O)/C(=C2/SC(=S)N(C(CC(=O)O)C(=O)O)C2=O)c2ccccc21. The Balaban J connectivity index is 2.13. The van der Waals surface area contributed by atoms with E-state index in [1.807, 2.05) is 0 Å². The van der Waals surface area contributed by atoms with Crippen LogP contribution in [0.2, 0.25) is 0 Å². The third kappa shape index (κ3) is 3.08. The van der Waals surface area contributed by atoms with Crippen LogP contribution in [0.4, 0.5) is 5.69 Å². The first-order chi connectivity index (χ1) is 13.1. The lowest BCUT2D eigenvalue weighted by atomic mass is 10.1. The summed E-state index contributed by atoms with van der Waals surface area (Å²) in [6, 6.07) is 4.65. The number of para-hydroxylation sites is 1. The van der Waals surface area contributed by atoms with Crippen LogP contribution in [0.15, 0.2) is 29.2 Å². The van der Waals surface area contributed by atoms with Gasteiger partial charge in [-0.1, -0.05) is 42.2 Å². The van der Waals surface area contributed by atoms with E-state index in [-0.39, 0.29) is 14.8 Å². The van der Waals surface area contributed by atoms with E-state index in [9.17, 15) is 29.1 Å². The van der Waals surface area contributed by atoms with Gasteiger partial charge in [-0.15, -0.1) is 0 Å². The van der Waals surface area contributed by atoms with Crippen LogP contribution in [-0.4, -0.2) is 55.1 Å². The summed E-state index contributed by atoms with van der Waals surface area (Å²) in [6.45, 7) is 1.20. The van der Waals surface area contributed by atoms with Crippen molar-refractivity contribution in [1.82, 2.24) is 4.90 Å². The molecule has 0 aliphatic carbocycles. The minimum Gasteiger partial charge on any atom is -0.481 e. The number of imide groups is 1. The van der Waals surface area contributed by atoms with E-state index in [0.29, 0.717) is 27.9 Å². The molecule has 1 aromatic rings. The van der Waals surface area contributed by atoms with Crippen LogP contribution in [0.3, 0.4) is 0 Å². The third-order valence-corrected chi connectivity index (χ3v) is 5.54. The molecule has 1 fully saturated rings. The number of nitrogens with zero attached hydrogens (tertiary/aromatic N) is 2. The molecule has 28 heavy (non-hydrogen) atoms. The quantitative estimate of drug-likeness (QED) is 0.542. The second-order valence-corrected chi connectivity index (χ2v) is 7.52. The van der Waals surface area contributed by atoms with Crippen molar-refractivity contribution in [2.75, 3.05) is 4.90 Å². The van der Waals surface area contributed by atoms with E-state index in [4.69, 9.17) is 17.3 Å². The van der Waals surface area contributed by atoms with Gasteiger partial charge in [-0.3, -0.25) is 24.1 Å². The molecule has 0 radical (unpaired) electrons. The van der Waals surface area contributed by atoms with E-state index >= 15 is 0 Å². The van der Waals surface area contributed by atoms with Gasteiger partial charge in [-0.05, 0) is 6.07 Å². The predicted octanol–water partition coefficient (Wildman–Crippen LogP) is 1.08. The molecular formula is C17H12N2O7S2. The number of hydrogen-bond acceptors (Lipinski definition) is 7. The summed E-state index contributed by atoms with van der Waals surface area (Å²) in [5.74, 6) is -5.10. The van der Waals surface area contributed by atoms with Crippen LogP contribution in [-0.2, 0) is 24.0 Å². The van der Waals surface area contributed by atoms with Crippen LogP contribution in [0.1, 0.15) is 18.9 Å². The number of rotatable bonds is 4. The van der Waals surface area contributed by atoms with Gasteiger partial charge in [0.15, 0.2) is 0 Å². The molecule has 11 heteroatoms. The highest BCUT2D eigenvalue weighted by atomic mass is 32.2. The van der Waals surface area contributed by atoms with E-state index in [0.717, 1.165) is 4.90 Å². The van der Waals surface area contributed by atoms with Crippen molar-refractivity contribution >= 4 is 69.2 Å². The topological polar surface area (TPSA) is 132 Å². The Kier molecular flexibility index (Phi) is 5.04. The monoisotopic (exact) mass is 420 g/mol. The van der Waals surface area contributed by atoms with Gasteiger partial charge in [0.1, 0.15) is 10.4 Å². The first kappa shape index (κ1) is 19.7. The maximum atomic E-state index is 12.9. The van der Waals surface area contributed by atoms with Gasteiger partial charge in [0.2, 0.25) is 5.91 Å². The Labute approximate surface area is 167 Å². The van der Waals surface area contributed by atoms with E-state index in [1.165, 1.54) is 6.92 Å². The van der Waals surface area contributed by atoms with Crippen molar-refractivity contribution in [3.8, 4) is 0 Å². The molecule has 2 aliphatic heterocycles. The molecule has 144 valence electrons. The fraction of sp³-hybridized carbons (Fsp3) is 0.176. The molecule has 2 N–H and O–H groups in total. The zero-order valence-electron chi connectivity index (χ0n) is 14.2. The summed E-state index contributed by atoms with van der Waals surface area (Å²) in [7, 11) is 0. The Morgan fingerprint density at radius 2 is 1.79 bits per heavy atom. The summed E-state index contributed by atoms with van der Waals surface area (Å²) >= 11 is 5.79. The number of carbonyl (C=O) groups is 5. The van der Waals surface area contributed by atoms with Crippen molar-refractivity contribution in [2.24, 2.45) is 0 Å². The van der Waals surface area contributed by atoms with Gasteiger partial charge in [-0.25, -0.2) is 9.69 Å². The van der Waals surface area contributed by atoms with Crippen LogP contribution in [0.5, 0.6) is 0 Å². The fourth-order valence-corrected chi connectivity index (χ4v) is 4.43. The van der Waals surface area contributed by atoms with Crippen molar-refractivity contribution in [1.29, 1.82) is 0 Å². The molecule has 2 aliphatic rings. The summed E-state index contributed by atoms with van der Waals surface area (Å²) in [5, 5.41) is 18.3. The molecule has 0 spiro atoms. The minimum absolute atomic E-state index is 0.0647. The van der Waals surface area contributed by atoms with E-state index in [2.05, 4.69) is 0 Å². The Hall–Kier alpha value is -3.05. The molecule has 1 saturated heterocycles.